The summed E-state index contributed by atoms with van der Waals surface area (Å²) in [6.45, 7) is 3.52. The summed E-state index contributed by atoms with van der Waals surface area (Å²) in [5, 5.41) is 13.0. The number of nitrogens with one attached hydrogen (secondary N) is 1. The molecule has 0 heterocycles. The number of halogens is 1. The molecule has 1 aromatic carbocycles. The molecule has 0 unspecified atom stereocenters. The summed E-state index contributed by atoms with van der Waals surface area (Å²) in [5.74, 6) is 0. The van der Waals surface area contributed by atoms with Crippen molar-refractivity contribution in [2.24, 2.45) is 0 Å². The van der Waals surface area contributed by atoms with E-state index >= 15 is 0 Å². The van der Waals surface area contributed by atoms with Crippen LogP contribution in [0.2, 0.25) is 0 Å². The van der Waals surface area contributed by atoms with Gasteiger partial charge in [0, 0.05) is 6.04 Å². The molecule has 0 aliphatic heterocycles. The Balaban J connectivity index is 0.00000625. The average molecular weight is 384 g/mol. The second kappa shape index (κ2) is 19.2. The topological polar surface area (TPSA) is 32.3 Å². The molecule has 0 bridgehead atoms. The molecule has 0 fully saturated rings. The first-order valence-corrected chi connectivity index (χ1v) is 10.7. The first kappa shape index (κ1) is 25.4. The predicted octanol–water partition coefficient (Wildman–Crippen LogP) is 6.30. The zero-order valence-electron chi connectivity index (χ0n) is 16.9. The van der Waals surface area contributed by atoms with Gasteiger partial charge in [0.1, 0.15) is 0 Å². The van der Waals surface area contributed by atoms with E-state index in [1.165, 1.54) is 82.6 Å². The van der Waals surface area contributed by atoms with Gasteiger partial charge in [0.05, 0.1) is 6.61 Å². The van der Waals surface area contributed by atoms with Gasteiger partial charge in [0.15, 0.2) is 0 Å². The van der Waals surface area contributed by atoms with E-state index in [1.54, 1.807) is 0 Å². The Labute approximate surface area is 168 Å². The van der Waals surface area contributed by atoms with E-state index in [0.717, 1.165) is 13.0 Å². The summed E-state index contributed by atoms with van der Waals surface area (Å²) in [6.07, 6.45) is 17.5. The molecule has 1 rings (SSSR count). The Morgan fingerprint density at radius 1 is 0.769 bits per heavy atom. The van der Waals surface area contributed by atoms with Crippen LogP contribution in [0.4, 0.5) is 0 Å². The van der Waals surface area contributed by atoms with E-state index in [0.29, 0.717) is 0 Å². The maximum absolute atomic E-state index is 9.52. The SMILES string of the molecule is CCCCCCCCCCCCCCN[C@@H](CO)Cc1ccccc1.Cl. The first-order chi connectivity index (χ1) is 12.4. The third-order valence-corrected chi connectivity index (χ3v) is 5.01. The van der Waals surface area contributed by atoms with E-state index in [4.69, 9.17) is 0 Å². The van der Waals surface area contributed by atoms with Crippen LogP contribution < -0.4 is 5.32 Å². The average Bonchev–Trinajstić information content (AvgIpc) is 2.65. The van der Waals surface area contributed by atoms with Crippen LogP contribution in [0.5, 0.6) is 0 Å². The predicted molar refractivity (Wildman–Crippen MR) is 117 cm³/mol. The van der Waals surface area contributed by atoms with Crippen LogP contribution in [0.3, 0.4) is 0 Å². The van der Waals surface area contributed by atoms with E-state index in [1.807, 2.05) is 6.07 Å². The summed E-state index contributed by atoms with van der Waals surface area (Å²) in [7, 11) is 0. The molecule has 0 radical (unpaired) electrons. The number of aliphatic hydroxyl groups excluding tert-OH is 1. The zero-order valence-corrected chi connectivity index (χ0v) is 17.7. The lowest BCUT2D eigenvalue weighted by Crippen LogP contribution is -2.35. The highest BCUT2D eigenvalue weighted by atomic mass is 35.5. The molecule has 26 heavy (non-hydrogen) atoms. The third-order valence-electron chi connectivity index (χ3n) is 5.01. The van der Waals surface area contributed by atoms with Crippen LogP contribution in [0, 0.1) is 0 Å². The maximum Gasteiger partial charge on any atom is 0.0587 e. The summed E-state index contributed by atoms with van der Waals surface area (Å²) >= 11 is 0. The van der Waals surface area contributed by atoms with Crippen molar-refractivity contribution in [1.82, 2.24) is 5.32 Å². The van der Waals surface area contributed by atoms with Crippen molar-refractivity contribution in [3.05, 3.63) is 35.9 Å². The van der Waals surface area contributed by atoms with E-state index < -0.39 is 0 Å². The number of unbranched alkanes of at least 4 members (excludes halogenated alkanes) is 11. The quantitative estimate of drug-likeness (QED) is 0.309. The minimum absolute atomic E-state index is 0. The number of benzene rings is 1. The fraction of sp³-hybridized carbons (Fsp3) is 0.739. The fourth-order valence-electron chi connectivity index (χ4n) is 3.37. The van der Waals surface area contributed by atoms with E-state index in [9.17, 15) is 5.11 Å². The zero-order chi connectivity index (χ0) is 18.0. The Morgan fingerprint density at radius 3 is 1.77 bits per heavy atom. The van der Waals surface area contributed by atoms with Gasteiger partial charge in [-0.05, 0) is 24.9 Å². The number of hydrogen-bond acceptors (Lipinski definition) is 2. The standard InChI is InChI=1S/C23H41NO.ClH/c1-2-3-4-5-6-7-8-9-10-11-12-16-19-24-23(21-25)20-22-17-14-13-15-18-22;/h13-15,17-18,23-25H,2-12,16,19-21H2,1H3;1H/t23-;/m1./s1. The minimum Gasteiger partial charge on any atom is -0.395 e. The highest BCUT2D eigenvalue weighted by Crippen LogP contribution is 2.12. The summed E-state index contributed by atoms with van der Waals surface area (Å²) in [5.41, 5.74) is 1.30. The molecule has 0 aliphatic rings. The van der Waals surface area contributed by atoms with Crippen LogP contribution in [-0.4, -0.2) is 24.3 Å². The third kappa shape index (κ3) is 14.6. The highest BCUT2D eigenvalue weighted by Gasteiger charge is 2.06. The molecule has 0 amide bonds. The Bertz CT molecular complexity index is 385. The monoisotopic (exact) mass is 383 g/mol. The molecular formula is C23H42ClNO. The molecular weight excluding hydrogens is 342 g/mol. The van der Waals surface area contributed by atoms with E-state index in [2.05, 4.69) is 36.5 Å². The Kier molecular flexibility index (Phi) is 18.8. The molecule has 1 aromatic rings. The smallest absolute Gasteiger partial charge is 0.0587 e. The largest absolute Gasteiger partial charge is 0.395 e. The molecule has 2 N–H and O–H groups in total. The molecule has 152 valence electrons. The van der Waals surface area contributed by atoms with Gasteiger partial charge >= 0.3 is 0 Å². The second-order valence-corrected chi connectivity index (χ2v) is 7.41. The number of hydrogen-bond donors (Lipinski definition) is 2. The Morgan fingerprint density at radius 2 is 1.27 bits per heavy atom. The molecule has 0 saturated heterocycles. The van der Waals surface area contributed by atoms with Crippen molar-refractivity contribution in [1.29, 1.82) is 0 Å². The van der Waals surface area contributed by atoms with Gasteiger partial charge in [-0.1, -0.05) is 108 Å². The molecule has 3 heteroatoms. The van der Waals surface area contributed by atoms with Crippen LogP contribution in [0.25, 0.3) is 0 Å². The van der Waals surface area contributed by atoms with Gasteiger partial charge in [0.25, 0.3) is 0 Å². The number of rotatable bonds is 17. The van der Waals surface area contributed by atoms with Gasteiger partial charge in [-0.25, -0.2) is 0 Å². The van der Waals surface area contributed by atoms with Gasteiger partial charge in [-0.15, -0.1) is 12.4 Å². The molecule has 0 aliphatic carbocycles. The first-order valence-electron chi connectivity index (χ1n) is 10.7. The molecule has 0 spiro atoms. The Hall–Kier alpha value is -0.570. The summed E-state index contributed by atoms with van der Waals surface area (Å²) in [6, 6.07) is 10.6. The second-order valence-electron chi connectivity index (χ2n) is 7.41. The van der Waals surface area contributed by atoms with Crippen molar-refractivity contribution in [3.63, 3.8) is 0 Å². The van der Waals surface area contributed by atoms with Crippen LogP contribution >= 0.6 is 12.4 Å². The van der Waals surface area contributed by atoms with Crippen LogP contribution in [0.1, 0.15) is 89.5 Å². The van der Waals surface area contributed by atoms with Crippen LogP contribution in [0.15, 0.2) is 30.3 Å². The lowest BCUT2D eigenvalue weighted by atomic mass is 10.0. The van der Waals surface area contributed by atoms with Gasteiger partial charge in [0.2, 0.25) is 0 Å². The van der Waals surface area contributed by atoms with Crippen molar-refractivity contribution in [2.45, 2.75) is 96.4 Å². The van der Waals surface area contributed by atoms with Crippen molar-refractivity contribution in [3.8, 4) is 0 Å². The van der Waals surface area contributed by atoms with Crippen LogP contribution in [-0.2, 0) is 6.42 Å². The van der Waals surface area contributed by atoms with Gasteiger partial charge in [-0.2, -0.15) is 0 Å². The normalized spacial score (nSPS) is 11.9. The lowest BCUT2D eigenvalue weighted by Gasteiger charge is -2.16. The van der Waals surface area contributed by atoms with Gasteiger partial charge < -0.3 is 10.4 Å². The van der Waals surface area contributed by atoms with Gasteiger partial charge in [-0.3, -0.25) is 0 Å². The highest BCUT2D eigenvalue weighted by molar-refractivity contribution is 5.85. The van der Waals surface area contributed by atoms with E-state index in [-0.39, 0.29) is 25.1 Å². The molecule has 2 nitrogen and oxygen atoms in total. The van der Waals surface area contributed by atoms with Crippen molar-refractivity contribution < 1.29 is 5.11 Å². The maximum atomic E-state index is 9.52. The summed E-state index contributed by atoms with van der Waals surface area (Å²) < 4.78 is 0. The fourth-order valence-corrected chi connectivity index (χ4v) is 3.37. The molecule has 0 aromatic heterocycles. The lowest BCUT2D eigenvalue weighted by molar-refractivity contribution is 0.241. The van der Waals surface area contributed by atoms with Crippen molar-refractivity contribution in [2.75, 3.05) is 13.2 Å². The number of aliphatic hydroxyl groups is 1. The molecule has 1 atom stereocenters. The minimum atomic E-state index is 0. The molecule has 0 saturated carbocycles. The summed E-state index contributed by atoms with van der Waals surface area (Å²) in [4.78, 5) is 0. The van der Waals surface area contributed by atoms with Crippen molar-refractivity contribution >= 4 is 12.4 Å².